The molecule has 1 atom stereocenters. The first-order chi connectivity index (χ1) is 9.31. The van der Waals surface area contributed by atoms with Crippen molar-refractivity contribution >= 4 is 27.3 Å². The van der Waals surface area contributed by atoms with Crippen molar-refractivity contribution in [2.45, 2.75) is 24.8 Å². The van der Waals surface area contributed by atoms with Crippen LogP contribution in [0.2, 0.25) is 0 Å². The fraction of sp³-hybridized carbons (Fsp3) is 0.250. The van der Waals surface area contributed by atoms with E-state index in [1.54, 1.807) is 6.92 Å². The quantitative estimate of drug-likeness (QED) is 0.883. The van der Waals surface area contributed by atoms with Crippen molar-refractivity contribution in [1.29, 1.82) is 0 Å². The molecule has 20 heavy (non-hydrogen) atoms. The molecule has 6 nitrogen and oxygen atoms in total. The number of hydrogen-bond acceptors (Lipinski definition) is 5. The number of aromatic carboxylic acids is 1. The summed E-state index contributed by atoms with van der Waals surface area (Å²) >= 11 is 1.44. The third-order valence-corrected chi connectivity index (χ3v) is 5.38. The zero-order chi connectivity index (χ0) is 14.9. The highest BCUT2D eigenvalue weighted by atomic mass is 32.2. The zero-order valence-electron chi connectivity index (χ0n) is 10.8. The van der Waals surface area contributed by atoms with Gasteiger partial charge in [0.2, 0.25) is 15.8 Å². The van der Waals surface area contributed by atoms with Crippen LogP contribution in [0.3, 0.4) is 0 Å². The van der Waals surface area contributed by atoms with Crippen molar-refractivity contribution in [3.05, 3.63) is 40.0 Å². The van der Waals surface area contributed by atoms with Gasteiger partial charge >= 0.3 is 5.97 Å². The van der Waals surface area contributed by atoms with Crippen LogP contribution in [-0.4, -0.2) is 19.5 Å². The maximum absolute atomic E-state index is 12.2. The number of hydrogen-bond donors (Lipinski definition) is 2. The van der Waals surface area contributed by atoms with Gasteiger partial charge in [-0.05, 0) is 25.3 Å². The van der Waals surface area contributed by atoms with E-state index in [0.29, 0.717) is 0 Å². The van der Waals surface area contributed by atoms with E-state index in [2.05, 4.69) is 4.72 Å². The summed E-state index contributed by atoms with van der Waals surface area (Å²) in [5.74, 6) is -1.65. The van der Waals surface area contributed by atoms with Crippen LogP contribution in [0.5, 0.6) is 0 Å². The van der Waals surface area contributed by atoms with Crippen LogP contribution in [0.4, 0.5) is 0 Å². The van der Waals surface area contributed by atoms with Crippen molar-refractivity contribution in [2.24, 2.45) is 0 Å². The van der Waals surface area contributed by atoms with E-state index < -0.39 is 27.8 Å². The molecular formula is C12H13NO5S2. The molecule has 2 heterocycles. The molecule has 0 fully saturated rings. The van der Waals surface area contributed by atoms with E-state index in [1.807, 2.05) is 17.5 Å². The summed E-state index contributed by atoms with van der Waals surface area (Å²) in [5, 5.41) is 10.7. The Labute approximate surface area is 120 Å². The minimum Gasteiger partial charge on any atom is -0.475 e. The van der Waals surface area contributed by atoms with Crippen molar-refractivity contribution < 1.29 is 22.7 Å². The van der Waals surface area contributed by atoms with Gasteiger partial charge in [0.05, 0.1) is 6.04 Å². The second kappa shape index (κ2) is 5.39. The molecule has 2 aromatic heterocycles. The van der Waals surface area contributed by atoms with Gasteiger partial charge in [0.25, 0.3) is 0 Å². The summed E-state index contributed by atoms with van der Waals surface area (Å²) < 4.78 is 31.9. The van der Waals surface area contributed by atoms with E-state index in [-0.39, 0.29) is 10.7 Å². The predicted molar refractivity (Wildman–Crippen MR) is 73.5 cm³/mol. The summed E-state index contributed by atoms with van der Waals surface area (Å²) in [6.07, 6.45) is 0. The van der Waals surface area contributed by atoms with Crippen molar-refractivity contribution in [2.75, 3.05) is 0 Å². The summed E-state index contributed by atoms with van der Waals surface area (Å²) in [5.41, 5.74) is 0. The SMILES string of the molecule is Cc1oc(C(=O)O)cc1S(=O)(=O)NC(C)c1cccs1. The number of thiophene rings is 1. The third-order valence-electron chi connectivity index (χ3n) is 2.67. The monoisotopic (exact) mass is 315 g/mol. The Balaban J connectivity index is 2.29. The highest BCUT2D eigenvalue weighted by molar-refractivity contribution is 7.89. The number of carboxylic acid groups (broad SMARTS) is 1. The first-order valence-corrected chi connectivity index (χ1v) is 8.07. The molecular weight excluding hydrogens is 302 g/mol. The van der Waals surface area contributed by atoms with Gasteiger partial charge < -0.3 is 9.52 Å². The van der Waals surface area contributed by atoms with Gasteiger partial charge in [-0.25, -0.2) is 17.9 Å². The molecule has 0 aliphatic rings. The Morgan fingerprint density at radius 1 is 1.50 bits per heavy atom. The maximum Gasteiger partial charge on any atom is 0.371 e. The lowest BCUT2D eigenvalue weighted by atomic mass is 10.3. The first-order valence-electron chi connectivity index (χ1n) is 5.70. The van der Waals surface area contributed by atoms with Gasteiger partial charge in [0.1, 0.15) is 10.7 Å². The Kier molecular flexibility index (Phi) is 3.98. The van der Waals surface area contributed by atoms with Gasteiger partial charge in [0.15, 0.2) is 0 Å². The van der Waals surface area contributed by atoms with E-state index in [9.17, 15) is 13.2 Å². The number of furan rings is 1. The van der Waals surface area contributed by atoms with Crippen LogP contribution < -0.4 is 4.72 Å². The zero-order valence-corrected chi connectivity index (χ0v) is 12.4. The summed E-state index contributed by atoms with van der Waals surface area (Å²) in [6, 6.07) is 4.27. The number of carbonyl (C=O) groups is 1. The average molecular weight is 315 g/mol. The van der Waals surface area contributed by atoms with Crippen LogP contribution in [-0.2, 0) is 10.0 Å². The topological polar surface area (TPSA) is 96.6 Å². The fourth-order valence-corrected chi connectivity index (χ4v) is 3.94. The minimum absolute atomic E-state index is 0.0493. The molecule has 0 saturated carbocycles. The van der Waals surface area contributed by atoms with Gasteiger partial charge in [-0.2, -0.15) is 0 Å². The Morgan fingerprint density at radius 3 is 2.70 bits per heavy atom. The van der Waals surface area contributed by atoms with E-state index in [0.717, 1.165) is 10.9 Å². The summed E-state index contributed by atoms with van der Waals surface area (Å²) in [6.45, 7) is 3.13. The molecule has 0 radical (unpaired) electrons. The summed E-state index contributed by atoms with van der Waals surface area (Å²) in [7, 11) is -3.83. The molecule has 0 saturated heterocycles. The van der Waals surface area contributed by atoms with Gasteiger partial charge in [0, 0.05) is 10.9 Å². The second-order valence-corrected chi connectivity index (χ2v) is 6.86. The molecule has 0 aromatic carbocycles. The molecule has 0 amide bonds. The van der Waals surface area contributed by atoms with Crippen LogP contribution in [0.15, 0.2) is 32.9 Å². The van der Waals surface area contributed by atoms with E-state index in [1.165, 1.54) is 18.3 Å². The van der Waals surface area contributed by atoms with Crippen LogP contribution in [0.1, 0.15) is 34.2 Å². The predicted octanol–water partition coefficient (Wildman–Crippen LogP) is 2.39. The highest BCUT2D eigenvalue weighted by Crippen LogP contribution is 2.24. The minimum atomic E-state index is -3.83. The lowest BCUT2D eigenvalue weighted by molar-refractivity contribution is 0.0661. The van der Waals surface area contributed by atoms with Gasteiger partial charge in [-0.3, -0.25) is 0 Å². The molecule has 2 aromatic rings. The lowest BCUT2D eigenvalue weighted by Gasteiger charge is -2.11. The number of nitrogens with one attached hydrogen (secondary N) is 1. The highest BCUT2D eigenvalue weighted by Gasteiger charge is 2.25. The molecule has 1 unspecified atom stereocenters. The third kappa shape index (κ3) is 2.92. The molecule has 108 valence electrons. The summed E-state index contributed by atoms with van der Waals surface area (Å²) in [4.78, 5) is 11.5. The van der Waals surface area contributed by atoms with Gasteiger partial charge in [-0.1, -0.05) is 6.07 Å². The van der Waals surface area contributed by atoms with Gasteiger partial charge in [-0.15, -0.1) is 11.3 Å². The lowest BCUT2D eigenvalue weighted by Crippen LogP contribution is -2.26. The smallest absolute Gasteiger partial charge is 0.371 e. The fourth-order valence-electron chi connectivity index (χ4n) is 1.73. The molecule has 0 aliphatic heterocycles. The van der Waals surface area contributed by atoms with Crippen LogP contribution >= 0.6 is 11.3 Å². The molecule has 8 heteroatoms. The van der Waals surface area contributed by atoms with Crippen molar-refractivity contribution in [3.8, 4) is 0 Å². The molecule has 2 N–H and O–H groups in total. The molecule has 0 spiro atoms. The van der Waals surface area contributed by atoms with E-state index >= 15 is 0 Å². The normalized spacial score (nSPS) is 13.3. The maximum atomic E-state index is 12.2. The van der Waals surface area contributed by atoms with Crippen LogP contribution in [0.25, 0.3) is 0 Å². The largest absolute Gasteiger partial charge is 0.475 e. The number of aryl methyl sites for hydroxylation is 1. The average Bonchev–Trinajstić information content (AvgIpc) is 2.96. The molecule has 0 aliphatic carbocycles. The Bertz CT molecular complexity index is 715. The van der Waals surface area contributed by atoms with Crippen molar-refractivity contribution in [1.82, 2.24) is 4.72 Å². The second-order valence-electron chi connectivity index (χ2n) is 4.19. The van der Waals surface area contributed by atoms with E-state index in [4.69, 9.17) is 9.52 Å². The number of sulfonamides is 1. The number of rotatable bonds is 5. The molecule has 0 bridgehead atoms. The Morgan fingerprint density at radius 2 is 2.20 bits per heavy atom. The Hall–Kier alpha value is -1.64. The number of carboxylic acids is 1. The standard InChI is InChI=1S/C12H13NO5S2/c1-7(10-4-3-5-19-10)13-20(16,17)11-6-9(12(14)15)18-8(11)2/h3-7,13H,1-2H3,(H,14,15). The van der Waals surface area contributed by atoms with Crippen molar-refractivity contribution in [3.63, 3.8) is 0 Å². The first kappa shape index (κ1) is 14.8. The van der Waals surface area contributed by atoms with Crippen LogP contribution in [0, 0.1) is 6.92 Å². The molecule has 2 rings (SSSR count).